The lowest BCUT2D eigenvalue weighted by molar-refractivity contribution is -0.123. The largest absolute Gasteiger partial charge is 0.394 e. The van der Waals surface area contributed by atoms with Crippen LogP contribution in [0.4, 0.5) is 0 Å². The third kappa shape index (κ3) is 49.5. The summed E-state index contributed by atoms with van der Waals surface area (Å²) < 4.78 is 0. The van der Waals surface area contributed by atoms with Crippen LogP contribution >= 0.6 is 0 Å². The van der Waals surface area contributed by atoms with Crippen LogP contribution in [0.25, 0.3) is 0 Å². The average Bonchev–Trinajstić information content (AvgIpc) is 3.30. The number of carbonyl (C=O) groups is 1. The van der Waals surface area contributed by atoms with E-state index in [0.717, 1.165) is 89.9 Å². The van der Waals surface area contributed by atoms with Crippen LogP contribution in [-0.2, 0) is 4.79 Å². The summed E-state index contributed by atoms with van der Waals surface area (Å²) in [6.45, 7) is 4.14. The highest BCUT2D eigenvalue weighted by Crippen LogP contribution is 2.14. The molecule has 3 N–H and O–H groups in total. The van der Waals surface area contributed by atoms with Gasteiger partial charge in [-0.15, -0.1) is 0 Å². The minimum atomic E-state index is -0.868. The van der Waals surface area contributed by atoms with Gasteiger partial charge in [-0.05, 0) is 103 Å². The van der Waals surface area contributed by atoms with Gasteiger partial charge in [-0.25, -0.2) is 0 Å². The van der Waals surface area contributed by atoms with Crippen LogP contribution in [0, 0.1) is 0 Å². The number of nitrogens with one attached hydrogen (secondary N) is 1. The summed E-state index contributed by atoms with van der Waals surface area (Å²) in [6.07, 6.45) is 84.6. The third-order valence-corrected chi connectivity index (χ3v) is 11.1. The summed E-state index contributed by atoms with van der Waals surface area (Å²) in [5, 5.41) is 22.9. The number of rotatable bonds is 46. The summed E-state index contributed by atoms with van der Waals surface area (Å²) in [5.41, 5.74) is 0. The van der Waals surface area contributed by atoms with Crippen molar-refractivity contribution >= 4 is 5.91 Å². The van der Waals surface area contributed by atoms with Gasteiger partial charge in [0.1, 0.15) is 0 Å². The van der Waals surface area contributed by atoms with Crippen LogP contribution in [0.2, 0.25) is 0 Å². The van der Waals surface area contributed by atoms with Gasteiger partial charge in [0.2, 0.25) is 5.91 Å². The van der Waals surface area contributed by atoms with Gasteiger partial charge in [0.25, 0.3) is 0 Å². The van der Waals surface area contributed by atoms with E-state index in [4.69, 9.17) is 0 Å². The number of carbonyl (C=O) groups excluding carboxylic acids is 1. The number of aliphatic hydroxyl groups excluding tert-OH is 2. The molecule has 0 aromatic heterocycles. The lowest BCUT2D eigenvalue weighted by Gasteiger charge is -2.19. The number of hydrogen-bond acceptors (Lipinski definition) is 3. The standard InChI is InChI=1S/C60H99NO3/c1-3-5-7-9-11-13-15-16-17-18-19-20-21-22-23-24-25-26-27-28-29-30-31-32-33-34-35-36-37-38-39-40-41-42-43-44-46-48-50-52-54-56-60(64)61-58(57-62)59(63)55-53-51-49-47-45-14-12-10-8-6-4-2/h5,7,11,13,16-17,19-20,22-23,25-26,28-29,31-32,34-35,45,47,53,55,58-59,62-63H,3-4,6,8-10,12,14-15,18,21,24,27,30,33,36-44,46,48-52,54,56-57H2,1-2H3,(H,61,64)/b7-5-,13-11-,17-16-,20-19-,23-22-,26-25-,29-28-,32-31-,35-34-,47-45+,55-53+. The van der Waals surface area contributed by atoms with Gasteiger partial charge < -0.3 is 15.5 Å². The summed E-state index contributed by atoms with van der Waals surface area (Å²) in [7, 11) is 0. The zero-order valence-corrected chi connectivity index (χ0v) is 41.5. The summed E-state index contributed by atoms with van der Waals surface area (Å²) in [5.74, 6) is -0.0824. The Kier molecular flexibility index (Phi) is 50.9. The Morgan fingerprint density at radius 3 is 1.09 bits per heavy atom. The van der Waals surface area contributed by atoms with Crippen LogP contribution in [-0.4, -0.2) is 34.9 Å². The molecule has 0 radical (unpaired) electrons. The van der Waals surface area contributed by atoms with Crippen molar-refractivity contribution < 1.29 is 15.0 Å². The zero-order valence-electron chi connectivity index (χ0n) is 41.5. The van der Waals surface area contributed by atoms with E-state index in [1.165, 1.54) is 109 Å². The van der Waals surface area contributed by atoms with Crippen molar-refractivity contribution in [3.63, 3.8) is 0 Å². The number of allylic oxidation sites excluding steroid dienone is 21. The molecule has 0 bridgehead atoms. The Morgan fingerprint density at radius 2 is 0.703 bits per heavy atom. The highest BCUT2D eigenvalue weighted by atomic mass is 16.3. The van der Waals surface area contributed by atoms with Crippen molar-refractivity contribution in [2.45, 2.75) is 231 Å². The molecule has 0 heterocycles. The molecule has 4 heteroatoms. The monoisotopic (exact) mass is 882 g/mol. The molecule has 0 aromatic rings. The number of aliphatic hydroxyl groups is 2. The first-order chi connectivity index (χ1) is 31.7. The molecule has 4 nitrogen and oxygen atoms in total. The lowest BCUT2D eigenvalue weighted by atomic mass is 10.0. The fourth-order valence-corrected chi connectivity index (χ4v) is 7.13. The Balaban J connectivity index is 3.58. The zero-order chi connectivity index (χ0) is 46.3. The minimum Gasteiger partial charge on any atom is -0.394 e. The maximum atomic E-state index is 12.4. The lowest BCUT2D eigenvalue weighted by Crippen LogP contribution is -2.45. The first-order valence-corrected chi connectivity index (χ1v) is 26.4. The molecule has 0 aliphatic rings. The highest BCUT2D eigenvalue weighted by molar-refractivity contribution is 5.76. The normalized spacial score (nSPS) is 14.0. The molecule has 1 amide bonds. The van der Waals surface area contributed by atoms with Crippen molar-refractivity contribution in [1.82, 2.24) is 5.32 Å². The molecular formula is C60H99NO3. The molecule has 0 spiro atoms. The number of amides is 1. The van der Waals surface area contributed by atoms with Gasteiger partial charge in [-0.2, -0.15) is 0 Å². The van der Waals surface area contributed by atoms with Gasteiger partial charge in [0.15, 0.2) is 0 Å². The third-order valence-electron chi connectivity index (χ3n) is 11.1. The molecule has 64 heavy (non-hydrogen) atoms. The van der Waals surface area contributed by atoms with Gasteiger partial charge in [0.05, 0.1) is 18.8 Å². The predicted octanol–water partition coefficient (Wildman–Crippen LogP) is 17.5. The second kappa shape index (κ2) is 53.9. The Morgan fingerprint density at radius 1 is 0.391 bits per heavy atom. The van der Waals surface area contributed by atoms with E-state index in [2.05, 4.69) is 141 Å². The fourth-order valence-electron chi connectivity index (χ4n) is 7.13. The molecule has 0 saturated heterocycles. The van der Waals surface area contributed by atoms with E-state index in [-0.39, 0.29) is 12.5 Å². The second-order valence-corrected chi connectivity index (χ2v) is 17.2. The van der Waals surface area contributed by atoms with E-state index in [1.54, 1.807) is 6.08 Å². The quantitative estimate of drug-likeness (QED) is 0.0421. The SMILES string of the molecule is CC/C=C\C/C=C\C/C=C\C/C=C\C/C=C\C/C=C\C/C=C\C/C=C\C/C=C\CCCCCCCCCCCCCCCC(=O)NC(CO)C(O)/C=C/CC/C=C/CCCCCCC. The first-order valence-electron chi connectivity index (χ1n) is 26.4. The van der Waals surface area contributed by atoms with E-state index >= 15 is 0 Å². The smallest absolute Gasteiger partial charge is 0.220 e. The summed E-state index contributed by atoms with van der Waals surface area (Å²) in [4.78, 5) is 12.4. The molecule has 2 unspecified atom stereocenters. The van der Waals surface area contributed by atoms with Crippen molar-refractivity contribution in [2.75, 3.05) is 6.61 Å². The Hall–Kier alpha value is -3.47. The first kappa shape index (κ1) is 60.5. The van der Waals surface area contributed by atoms with E-state index in [0.29, 0.717) is 6.42 Å². The average molecular weight is 882 g/mol. The molecule has 0 aliphatic heterocycles. The molecule has 2 atom stereocenters. The van der Waals surface area contributed by atoms with Crippen LogP contribution in [0.15, 0.2) is 134 Å². The van der Waals surface area contributed by atoms with Gasteiger partial charge in [-0.3, -0.25) is 4.79 Å². The summed E-state index contributed by atoms with van der Waals surface area (Å²) in [6, 6.07) is -0.645. The van der Waals surface area contributed by atoms with Crippen molar-refractivity contribution in [3.05, 3.63) is 134 Å². The molecule has 0 aliphatic carbocycles. The fraction of sp³-hybridized carbons (Fsp3) is 0.617. The molecular weight excluding hydrogens is 783 g/mol. The van der Waals surface area contributed by atoms with E-state index in [1.807, 2.05) is 6.08 Å². The maximum Gasteiger partial charge on any atom is 0.220 e. The molecule has 362 valence electrons. The minimum absolute atomic E-state index is 0.0824. The molecule has 0 aromatic carbocycles. The van der Waals surface area contributed by atoms with Crippen LogP contribution in [0.1, 0.15) is 219 Å². The molecule has 0 rings (SSSR count). The van der Waals surface area contributed by atoms with Crippen LogP contribution in [0.3, 0.4) is 0 Å². The van der Waals surface area contributed by atoms with Gasteiger partial charge >= 0.3 is 0 Å². The maximum absolute atomic E-state index is 12.4. The Labute approximate surface area is 396 Å². The van der Waals surface area contributed by atoms with Gasteiger partial charge in [0, 0.05) is 6.42 Å². The second-order valence-electron chi connectivity index (χ2n) is 17.2. The topological polar surface area (TPSA) is 69.6 Å². The molecule has 0 fully saturated rings. The van der Waals surface area contributed by atoms with Crippen LogP contribution in [0.5, 0.6) is 0 Å². The number of hydrogen-bond donors (Lipinski definition) is 3. The van der Waals surface area contributed by atoms with Crippen molar-refractivity contribution in [2.24, 2.45) is 0 Å². The van der Waals surface area contributed by atoms with Gasteiger partial charge in [-0.1, -0.05) is 244 Å². The van der Waals surface area contributed by atoms with E-state index in [9.17, 15) is 15.0 Å². The predicted molar refractivity (Wildman–Crippen MR) is 285 cm³/mol. The van der Waals surface area contributed by atoms with Crippen molar-refractivity contribution in [3.8, 4) is 0 Å². The summed E-state index contributed by atoms with van der Waals surface area (Å²) >= 11 is 0. The van der Waals surface area contributed by atoms with E-state index < -0.39 is 12.1 Å². The van der Waals surface area contributed by atoms with Crippen LogP contribution < -0.4 is 5.32 Å². The Bertz CT molecular complexity index is 1320. The molecule has 0 saturated carbocycles. The van der Waals surface area contributed by atoms with Crippen molar-refractivity contribution in [1.29, 1.82) is 0 Å². The highest BCUT2D eigenvalue weighted by Gasteiger charge is 2.17. The number of unbranched alkanes of at least 4 members (excludes halogenated alkanes) is 19.